The van der Waals surface area contributed by atoms with Crippen LogP contribution in [0.3, 0.4) is 0 Å². The van der Waals surface area contributed by atoms with Crippen molar-refractivity contribution >= 4 is 21.7 Å². The second kappa shape index (κ2) is 8.24. The first-order valence-electron chi connectivity index (χ1n) is 9.25. The van der Waals surface area contributed by atoms with Crippen LogP contribution in [-0.2, 0) is 16.3 Å². The molecule has 0 unspecified atom stereocenters. The van der Waals surface area contributed by atoms with E-state index in [0.29, 0.717) is 12.4 Å². The molecular formula is C19H25N5O3S. The molecule has 3 rings (SSSR count). The van der Waals surface area contributed by atoms with Crippen molar-refractivity contribution < 1.29 is 13.2 Å². The number of aryl methyl sites for hydroxylation is 1. The lowest BCUT2D eigenvalue weighted by molar-refractivity contribution is 0.253. The molecule has 9 heteroatoms. The lowest BCUT2D eigenvalue weighted by atomic mass is 10.00. The fraction of sp³-hybridized carbons (Fsp3) is 0.421. The highest BCUT2D eigenvalue weighted by atomic mass is 32.2. The number of sulfone groups is 1. The van der Waals surface area contributed by atoms with Gasteiger partial charge >= 0.3 is 6.03 Å². The van der Waals surface area contributed by atoms with E-state index in [-0.39, 0.29) is 17.7 Å². The topological polar surface area (TPSA) is 118 Å². The van der Waals surface area contributed by atoms with E-state index >= 15 is 0 Å². The Morgan fingerprint density at radius 1 is 1.29 bits per heavy atom. The van der Waals surface area contributed by atoms with Gasteiger partial charge in [0.2, 0.25) is 0 Å². The van der Waals surface area contributed by atoms with Gasteiger partial charge in [-0.1, -0.05) is 6.92 Å². The summed E-state index contributed by atoms with van der Waals surface area (Å²) in [6, 6.07) is 3.33. The maximum Gasteiger partial charge on any atom is 0.320 e. The molecule has 8 nitrogen and oxygen atoms in total. The van der Waals surface area contributed by atoms with Gasteiger partial charge < -0.3 is 5.73 Å². The van der Waals surface area contributed by atoms with Crippen LogP contribution in [0.15, 0.2) is 30.7 Å². The van der Waals surface area contributed by atoms with Crippen LogP contribution in [0.25, 0.3) is 11.1 Å². The normalized spacial score (nSPS) is 15.1. The van der Waals surface area contributed by atoms with Gasteiger partial charge in [0.05, 0.1) is 5.88 Å². The van der Waals surface area contributed by atoms with Gasteiger partial charge in [-0.25, -0.2) is 18.2 Å². The summed E-state index contributed by atoms with van der Waals surface area (Å²) in [4.78, 5) is 21.8. The number of carbonyl (C=O) groups excluding carboxylic acids is 1. The van der Waals surface area contributed by atoms with E-state index in [2.05, 4.69) is 15.3 Å². The monoisotopic (exact) mass is 403 g/mol. The van der Waals surface area contributed by atoms with E-state index in [1.807, 2.05) is 19.1 Å². The standard InChI is InChI=1S/C19H25N5O3S/c1-3-28(26,27)12-23-13(2)15-8-16(10-21-9-15)17-7-14-5-4-6-24(19(20)25)18(14)22-11-17/h7-11,13,23H,3-6,12H2,1-2H3,(H2,20,25)/t13-/m0/s1. The van der Waals surface area contributed by atoms with Crippen LogP contribution in [-0.4, -0.2) is 42.6 Å². The number of fused-ring (bicyclic) bond motifs is 1. The number of hydrogen-bond donors (Lipinski definition) is 2. The first-order chi connectivity index (χ1) is 13.3. The van der Waals surface area contributed by atoms with Crippen molar-refractivity contribution in [3.8, 4) is 11.1 Å². The van der Waals surface area contributed by atoms with Crippen molar-refractivity contribution in [3.05, 3.63) is 41.9 Å². The van der Waals surface area contributed by atoms with Gasteiger partial charge in [-0.2, -0.15) is 0 Å². The fourth-order valence-corrected chi connectivity index (χ4v) is 3.87. The summed E-state index contributed by atoms with van der Waals surface area (Å²) in [6.07, 6.45) is 6.85. The number of anilines is 1. The number of pyridine rings is 2. The Morgan fingerprint density at radius 2 is 2.04 bits per heavy atom. The van der Waals surface area contributed by atoms with Crippen molar-refractivity contribution in [1.29, 1.82) is 0 Å². The zero-order valence-corrected chi connectivity index (χ0v) is 16.9. The van der Waals surface area contributed by atoms with Crippen LogP contribution in [0, 0.1) is 0 Å². The second-order valence-electron chi connectivity index (χ2n) is 6.91. The number of hydrogen-bond acceptors (Lipinski definition) is 6. The molecular weight excluding hydrogens is 378 g/mol. The summed E-state index contributed by atoms with van der Waals surface area (Å²) in [7, 11) is -3.09. The van der Waals surface area contributed by atoms with Gasteiger partial charge in [0.1, 0.15) is 5.82 Å². The van der Waals surface area contributed by atoms with Gasteiger partial charge in [-0.15, -0.1) is 0 Å². The average molecular weight is 404 g/mol. The zero-order chi connectivity index (χ0) is 20.3. The van der Waals surface area contributed by atoms with E-state index < -0.39 is 15.9 Å². The Labute approximate surface area is 165 Å². The summed E-state index contributed by atoms with van der Waals surface area (Å²) in [5.74, 6) is 0.651. The Hall–Kier alpha value is -2.52. The molecule has 2 aromatic heterocycles. The number of rotatable bonds is 6. The van der Waals surface area contributed by atoms with E-state index in [1.165, 1.54) is 4.90 Å². The molecule has 28 heavy (non-hydrogen) atoms. The maximum atomic E-state index is 11.7. The molecule has 1 aliphatic heterocycles. The minimum absolute atomic E-state index is 0.0712. The molecule has 0 bridgehead atoms. The molecule has 0 spiro atoms. The number of urea groups is 1. The number of primary amides is 1. The van der Waals surface area contributed by atoms with Crippen LogP contribution < -0.4 is 16.0 Å². The molecule has 0 saturated carbocycles. The minimum atomic E-state index is -3.09. The van der Waals surface area contributed by atoms with Crippen molar-refractivity contribution in [2.45, 2.75) is 32.7 Å². The average Bonchev–Trinajstić information content (AvgIpc) is 2.71. The predicted molar refractivity (Wildman–Crippen MR) is 109 cm³/mol. The summed E-state index contributed by atoms with van der Waals surface area (Å²) >= 11 is 0. The quantitative estimate of drug-likeness (QED) is 0.762. The van der Waals surface area contributed by atoms with Crippen LogP contribution in [0.4, 0.5) is 10.6 Å². The molecule has 0 radical (unpaired) electrons. The van der Waals surface area contributed by atoms with Crippen molar-refractivity contribution in [1.82, 2.24) is 15.3 Å². The smallest absolute Gasteiger partial charge is 0.320 e. The summed E-state index contributed by atoms with van der Waals surface area (Å²) in [5, 5.41) is 3.04. The highest BCUT2D eigenvalue weighted by Crippen LogP contribution is 2.30. The number of carbonyl (C=O) groups is 1. The Bertz CT molecular complexity index is 977. The summed E-state index contributed by atoms with van der Waals surface area (Å²) in [5.41, 5.74) is 9.09. The van der Waals surface area contributed by atoms with Gasteiger partial charge in [0, 0.05) is 48.1 Å². The zero-order valence-electron chi connectivity index (χ0n) is 16.1. The predicted octanol–water partition coefficient (Wildman–Crippen LogP) is 2.02. The van der Waals surface area contributed by atoms with E-state index in [9.17, 15) is 13.2 Å². The number of amides is 2. The van der Waals surface area contributed by atoms with E-state index in [0.717, 1.165) is 35.1 Å². The minimum Gasteiger partial charge on any atom is -0.351 e. The van der Waals surface area contributed by atoms with Gasteiger partial charge in [0.15, 0.2) is 9.84 Å². The molecule has 150 valence electrons. The second-order valence-corrected chi connectivity index (χ2v) is 9.26. The third-order valence-electron chi connectivity index (χ3n) is 4.93. The van der Waals surface area contributed by atoms with Crippen molar-refractivity contribution in [2.75, 3.05) is 23.1 Å². The molecule has 2 aromatic rings. The third kappa shape index (κ3) is 4.48. The molecule has 0 aliphatic carbocycles. The Kier molecular flexibility index (Phi) is 5.95. The van der Waals surface area contributed by atoms with Gasteiger partial charge in [-0.3, -0.25) is 15.2 Å². The van der Waals surface area contributed by atoms with Gasteiger partial charge in [0.25, 0.3) is 0 Å². The maximum absolute atomic E-state index is 11.7. The molecule has 0 saturated heterocycles. The van der Waals surface area contributed by atoms with Crippen molar-refractivity contribution in [2.24, 2.45) is 5.73 Å². The van der Waals surface area contributed by atoms with Gasteiger partial charge in [-0.05, 0) is 43.0 Å². The molecule has 3 heterocycles. The first-order valence-corrected chi connectivity index (χ1v) is 11.1. The first kappa shape index (κ1) is 20.2. The SMILES string of the molecule is CCS(=O)(=O)CN[C@@H](C)c1cncc(-c2cnc3c(c2)CCCN3C(N)=O)c1. The molecule has 0 aromatic carbocycles. The van der Waals surface area contributed by atoms with E-state index in [4.69, 9.17) is 5.73 Å². The highest BCUT2D eigenvalue weighted by molar-refractivity contribution is 7.91. The number of aromatic nitrogens is 2. The Balaban J connectivity index is 1.83. The molecule has 2 amide bonds. The Morgan fingerprint density at radius 3 is 2.75 bits per heavy atom. The lowest BCUT2D eigenvalue weighted by Gasteiger charge is -2.27. The fourth-order valence-electron chi connectivity index (χ4n) is 3.16. The van der Waals surface area contributed by atoms with Crippen LogP contribution >= 0.6 is 0 Å². The highest BCUT2D eigenvalue weighted by Gasteiger charge is 2.22. The van der Waals surface area contributed by atoms with E-state index in [1.54, 1.807) is 25.5 Å². The number of nitrogens with two attached hydrogens (primary N) is 1. The summed E-state index contributed by atoms with van der Waals surface area (Å²) < 4.78 is 23.4. The molecule has 3 N–H and O–H groups in total. The number of nitrogens with zero attached hydrogens (tertiary/aromatic N) is 3. The third-order valence-corrected chi connectivity index (χ3v) is 6.42. The van der Waals surface area contributed by atoms with Crippen LogP contribution in [0.2, 0.25) is 0 Å². The van der Waals surface area contributed by atoms with Crippen LogP contribution in [0.1, 0.15) is 37.4 Å². The number of nitrogens with one attached hydrogen (secondary N) is 1. The molecule has 0 fully saturated rings. The molecule has 1 atom stereocenters. The summed E-state index contributed by atoms with van der Waals surface area (Å²) in [6.45, 7) is 4.11. The largest absolute Gasteiger partial charge is 0.351 e. The van der Waals surface area contributed by atoms with Crippen molar-refractivity contribution in [3.63, 3.8) is 0 Å². The lowest BCUT2D eigenvalue weighted by Crippen LogP contribution is -2.40. The van der Waals surface area contributed by atoms with Crippen LogP contribution in [0.5, 0.6) is 0 Å². The molecule has 1 aliphatic rings.